The molecule has 0 unspecified atom stereocenters. The van der Waals surface area contributed by atoms with Gasteiger partial charge in [-0.05, 0) is 42.8 Å². The molecule has 3 aromatic rings. The summed E-state index contributed by atoms with van der Waals surface area (Å²) >= 11 is 0. The predicted molar refractivity (Wildman–Crippen MR) is 81.0 cm³/mol. The van der Waals surface area contributed by atoms with E-state index in [1.165, 1.54) is 5.56 Å². The minimum atomic E-state index is 0.856. The zero-order valence-corrected chi connectivity index (χ0v) is 11.8. The second kappa shape index (κ2) is 5.43. The molecule has 0 spiro atoms. The van der Waals surface area contributed by atoms with Crippen molar-refractivity contribution in [3.8, 4) is 5.82 Å². The van der Waals surface area contributed by atoms with Crippen LogP contribution in [0.5, 0.6) is 0 Å². The Kier molecular flexibility index (Phi) is 3.48. The fraction of sp³-hybridized carbons (Fsp3) is 0.250. The van der Waals surface area contributed by atoms with Crippen molar-refractivity contribution in [2.75, 3.05) is 6.54 Å². The molecule has 102 valence electrons. The fourth-order valence-corrected chi connectivity index (χ4v) is 2.37. The lowest BCUT2D eigenvalue weighted by atomic mass is 10.2. The summed E-state index contributed by atoms with van der Waals surface area (Å²) in [5.41, 5.74) is 4.44. The van der Waals surface area contributed by atoms with Gasteiger partial charge in [0.1, 0.15) is 12.1 Å². The average molecular weight is 266 g/mol. The highest BCUT2D eigenvalue weighted by Crippen LogP contribution is 2.19. The molecule has 1 N–H and O–H groups in total. The zero-order chi connectivity index (χ0) is 13.9. The van der Waals surface area contributed by atoms with Crippen molar-refractivity contribution < 1.29 is 0 Å². The van der Waals surface area contributed by atoms with Crippen LogP contribution in [-0.4, -0.2) is 21.1 Å². The maximum Gasteiger partial charge on any atom is 0.141 e. The molecule has 0 aliphatic carbocycles. The number of hydrogen-bond donors (Lipinski definition) is 1. The number of hydrogen-bond acceptors (Lipinski definition) is 3. The third kappa shape index (κ3) is 2.30. The van der Waals surface area contributed by atoms with Crippen molar-refractivity contribution in [2.45, 2.75) is 20.4 Å². The smallest absolute Gasteiger partial charge is 0.141 e. The third-order valence-corrected chi connectivity index (χ3v) is 3.37. The summed E-state index contributed by atoms with van der Waals surface area (Å²) in [5, 5.41) is 3.32. The summed E-state index contributed by atoms with van der Waals surface area (Å²) in [4.78, 5) is 9.03. The first-order chi connectivity index (χ1) is 9.79. The van der Waals surface area contributed by atoms with Gasteiger partial charge < -0.3 is 5.32 Å². The number of rotatable bonds is 4. The van der Waals surface area contributed by atoms with E-state index in [9.17, 15) is 0 Å². The van der Waals surface area contributed by atoms with Gasteiger partial charge >= 0.3 is 0 Å². The van der Waals surface area contributed by atoms with E-state index < -0.39 is 0 Å². The molecule has 1 aromatic carbocycles. The summed E-state index contributed by atoms with van der Waals surface area (Å²) in [5.74, 6) is 0.943. The Morgan fingerprint density at radius 1 is 1.20 bits per heavy atom. The maximum atomic E-state index is 4.61. The second-order valence-electron chi connectivity index (χ2n) is 4.87. The molecular formula is C16H18N4. The van der Waals surface area contributed by atoms with Crippen LogP contribution in [0.3, 0.4) is 0 Å². The van der Waals surface area contributed by atoms with E-state index in [0.29, 0.717) is 0 Å². The average Bonchev–Trinajstić information content (AvgIpc) is 2.89. The Balaban J connectivity index is 2.02. The van der Waals surface area contributed by atoms with Gasteiger partial charge in [-0.2, -0.15) is 0 Å². The largest absolute Gasteiger partial charge is 0.313 e. The lowest BCUT2D eigenvalue weighted by Gasteiger charge is -2.09. The number of nitrogens with zero attached hydrogens (tertiary/aromatic N) is 3. The molecule has 2 heterocycles. The maximum absolute atomic E-state index is 4.61. The Morgan fingerprint density at radius 3 is 2.85 bits per heavy atom. The van der Waals surface area contributed by atoms with Crippen LogP contribution in [0.15, 0.2) is 42.9 Å². The quantitative estimate of drug-likeness (QED) is 0.789. The number of fused-ring (bicyclic) bond motifs is 1. The molecule has 0 saturated heterocycles. The first kappa shape index (κ1) is 12.8. The van der Waals surface area contributed by atoms with Crippen LogP contribution < -0.4 is 5.32 Å². The highest BCUT2D eigenvalue weighted by atomic mass is 15.1. The Labute approximate surface area is 118 Å². The van der Waals surface area contributed by atoms with E-state index in [4.69, 9.17) is 0 Å². The SMILES string of the molecule is CCNCc1cnc(-n2cnc3ccccc32)c(C)c1. The molecule has 0 aliphatic rings. The minimum Gasteiger partial charge on any atom is -0.313 e. The minimum absolute atomic E-state index is 0.856. The molecule has 0 bridgehead atoms. The monoisotopic (exact) mass is 266 g/mol. The van der Waals surface area contributed by atoms with Gasteiger partial charge in [0.15, 0.2) is 0 Å². The van der Waals surface area contributed by atoms with Crippen LogP contribution in [0, 0.1) is 6.92 Å². The van der Waals surface area contributed by atoms with E-state index in [2.05, 4.69) is 41.3 Å². The van der Waals surface area contributed by atoms with Crippen molar-refractivity contribution in [2.24, 2.45) is 0 Å². The first-order valence-corrected chi connectivity index (χ1v) is 6.88. The van der Waals surface area contributed by atoms with Gasteiger partial charge in [-0.1, -0.05) is 19.1 Å². The van der Waals surface area contributed by atoms with Crippen molar-refractivity contribution in [1.82, 2.24) is 19.9 Å². The lowest BCUT2D eigenvalue weighted by Crippen LogP contribution is -2.12. The molecular weight excluding hydrogens is 248 g/mol. The standard InChI is InChI=1S/C16H18N4/c1-3-17-9-13-8-12(2)16(18-10-13)20-11-19-14-6-4-5-7-15(14)20/h4-8,10-11,17H,3,9H2,1-2H3. The molecule has 3 rings (SSSR count). The number of aryl methyl sites for hydroxylation is 1. The number of imidazole rings is 1. The second-order valence-corrected chi connectivity index (χ2v) is 4.87. The Bertz CT molecular complexity index is 730. The molecule has 0 atom stereocenters. The number of aromatic nitrogens is 3. The molecule has 0 radical (unpaired) electrons. The number of pyridine rings is 1. The normalized spacial score (nSPS) is 11.1. The number of nitrogens with one attached hydrogen (secondary N) is 1. The molecule has 0 aliphatic heterocycles. The lowest BCUT2D eigenvalue weighted by molar-refractivity contribution is 0.723. The highest BCUT2D eigenvalue weighted by Gasteiger charge is 2.08. The molecule has 0 saturated carbocycles. The molecule has 4 nitrogen and oxygen atoms in total. The highest BCUT2D eigenvalue weighted by molar-refractivity contribution is 5.77. The first-order valence-electron chi connectivity index (χ1n) is 6.88. The van der Waals surface area contributed by atoms with Crippen LogP contribution in [-0.2, 0) is 6.54 Å². The van der Waals surface area contributed by atoms with Crippen molar-refractivity contribution in [3.63, 3.8) is 0 Å². The summed E-state index contributed by atoms with van der Waals surface area (Å²) in [6.45, 7) is 6.01. The third-order valence-electron chi connectivity index (χ3n) is 3.37. The summed E-state index contributed by atoms with van der Waals surface area (Å²) < 4.78 is 2.04. The van der Waals surface area contributed by atoms with E-state index >= 15 is 0 Å². The van der Waals surface area contributed by atoms with Gasteiger partial charge in [0.2, 0.25) is 0 Å². The van der Waals surface area contributed by atoms with Crippen LogP contribution in [0.4, 0.5) is 0 Å². The summed E-state index contributed by atoms with van der Waals surface area (Å²) in [6, 6.07) is 10.3. The summed E-state index contributed by atoms with van der Waals surface area (Å²) in [7, 11) is 0. The van der Waals surface area contributed by atoms with Crippen LogP contribution in [0.1, 0.15) is 18.1 Å². The molecule has 2 aromatic heterocycles. The molecule has 0 amide bonds. The van der Waals surface area contributed by atoms with Gasteiger partial charge in [-0.15, -0.1) is 0 Å². The van der Waals surface area contributed by atoms with Gasteiger partial charge in [0.05, 0.1) is 11.0 Å². The Morgan fingerprint density at radius 2 is 2.05 bits per heavy atom. The molecule has 4 heteroatoms. The van der Waals surface area contributed by atoms with Crippen LogP contribution in [0.25, 0.3) is 16.9 Å². The van der Waals surface area contributed by atoms with Crippen molar-refractivity contribution in [3.05, 3.63) is 54.0 Å². The van der Waals surface area contributed by atoms with Gasteiger partial charge in [0.25, 0.3) is 0 Å². The van der Waals surface area contributed by atoms with Crippen molar-refractivity contribution >= 4 is 11.0 Å². The Hall–Kier alpha value is -2.20. The van der Waals surface area contributed by atoms with Gasteiger partial charge in [0, 0.05) is 12.7 Å². The molecule has 20 heavy (non-hydrogen) atoms. The van der Waals surface area contributed by atoms with Crippen LogP contribution >= 0.6 is 0 Å². The van der Waals surface area contributed by atoms with Gasteiger partial charge in [-0.3, -0.25) is 4.57 Å². The number of para-hydroxylation sites is 2. The fourth-order valence-electron chi connectivity index (χ4n) is 2.37. The topological polar surface area (TPSA) is 42.7 Å². The van der Waals surface area contributed by atoms with E-state index in [-0.39, 0.29) is 0 Å². The molecule has 0 fully saturated rings. The van der Waals surface area contributed by atoms with Crippen LogP contribution in [0.2, 0.25) is 0 Å². The van der Waals surface area contributed by atoms with Crippen molar-refractivity contribution in [1.29, 1.82) is 0 Å². The van der Waals surface area contributed by atoms with E-state index in [0.717, 1.165) is 35.5 Å². The zero-order valence-electron chi connectivity index (χ0n) is 11.8. The summed E-state index contributed by atoms with van der Waals surface area (Å²) in [6.07, 6.45) is 3.77. The van der Waals surface area contributed by atoms with E-state index in [1.54, 1.807) is 0 Å². The van der Waals surface area contributed by atoms with Gasteiger partial charge in [-0.25, -0.2) is 9.97 Å². The number of benzene rings is 1. The predicted octanol–water partition coefficient (Wildman–Crippen LogP) is 2.84. The van der Waals surface area contributed by atoms with E-state index in [1.807, 2.05) is 35.3 Å².